The number of nitrogens with one attached hydrogen (secondary N) is 1. The van der Waals surface area contributed by atoms with Crippen LogP contribution in [0, 0.1) is 24.7 Å². The lowest BCUT2D eigenvalue weighted by molar-refractivity contribution is -0.140. The van der Waals surface area contributed by atoms with Crippen LogP contribution in [0.15, 0.2) is 0 Å². The fourth-order valence-electron chi connectivity index (χ4n) is 3.63. The number of aryl methyl sites for hydroxylation is 1. The van der Waals surface area contributed by atoms with E-state index in [1.54, 1.807) is 0 Å². The van der Waals surface area contributed by atoms with E-state index in [0.717, 1.165) is 24.1 Å². The Hall–Kier alpha value is -1.43. The van der Waals surface area contributed by atoms with Crippen molar-refractivity contribution in [3.8, 4) is 0 Å². The lowest BCUT2D eigenvalue weighted by atomic mass is 9.93. The summed E-state index contributed by atoms with van der Waals surface area (Å²) >= 11 is 0. The van der Waals surface area contributed by atoms with Gasteiger partial charge in [0.25, 0.3) is 0 Å². The highest BCUT2D eigenvalue weighted by atomic mass is 16.5. The third-order valence-corrected chi connectivity index (χ3v) is 5.19. The van der Waals surface area contributed by atoms with Crippen LogP contribution in [0.4, 0.5) is 0 Å². The number of morpholine rings is 1. The van der Waals surface area contributed by atoms with Gasteiger partial charge >= 0.3 is 0 Å². The van der Waals surface area contributed by atoms with Crippen molar-refractivity contribution in [2.24, 2.45) is 17.8 Å². The number of amides is 1. The minimum atomic E-state index is -0.192. The highest BCUT2D eigenvalue weighted by Gasteiger charge is 2.43. The molecule has 3 aliphatic rings. The Morgan fingerprint density at radius 3 is 2.68 bits per heavy atom. The summed E-state index contributed by atoms with van der Waals surface area (Å²) in [6.45, 7) is 3.72. The van der Waals surface area contributed by atoms with Crippen LogP contribution in [0.1, 0.15) is 49.9 Å². The van der Waals surface area contributed by atoms with E-state index in [0.29, 0.717) is 37.3 Å². The molecule has 1 aromatic rings. The van der Waals surface area contributed by atoms with E-state index < -0.39 is 0 Å². The SMILES string of the molecule is Cc1nc(C2CN(C(=O)CC(C3CC3)C3CC3)CCO2)n[nH]1. The van der Waals surface area contributed by atoms with Crippen molar-refractivity contribution in [1.29, 1.82) is 0 Å². The lowest BCUT2D eigenvalue weighted by Crippen LogP contribution is -2.43. The molecule has 2 heterocycles. The van der Waals surface area contributed by atoms with E-state index in [1.165, 1.54) is 25.7 Å². The normalized spacial score (nSPS) is 25.7. The monoisotopic (exact) mass is 304 g/mol. The highest BCUT2D eigenvalue weighted by molar-refractivity contribution is 5.76. The summed E-state index contributed by atoms with van der Waals surface area (Å²) in [4.78, 5) is 19.0. The van der Waals surface area contributed by atoms with E-state index in [1.807, 2.05) is 11.8 Å². The molecular weight excluding hydrogens is 280 g/mol. The summed E-state index contributed by atoms with van der Waals surface area (Å²) in [7, 11) is 0. The Bertz CT molecular complexity index is 538. The molecule has 6 heteroatoms. The summed E-state index contributed by atoms with van der Waals surface area (Å²) in [6, 6.07) is 0. The molecule has 0 aromatic carbocycles. The van der Waals surface area contributed by atoms with Crippen LogP contribution < -0.4 is 0 Å². The summed E-state index contributed by atoms with van der Waals surface area (Å²) in [6.07, 6.45) is 5.86. The zero-order valence-electron chi connectivity index (χ0n) is 13.1. The first-order valence-corrected chi connectivity index (χ1v) is 8.49. The van der Waals surface area contributed by atoms with Crippen LogP contribution in [0.2, 0.25) is 0 Å². The number of carbonyl (C=O) groups is 1. The van der Waals surface area contributed by atoms with Crippen LogP contribution in [-0.2, 0) is 9.53 Å². The molecular formula is C16H24N4O2. The van der Waals surface area contributed by atoms with Gasteiger partial charge in [-0.25, -0.2) is 4.98 Å². The molecule has 3 fully saturated rings. The molecule has 0 radical (unpaired) electrons. The van der Waals surface area contributed by atoms with Crippen LogP contribution in [0.5, 0.6) is 0 Å². The third-order valence-electron chi connectivity index (χ3n) is 5.19. The fraction of sp³-hybridized carbons (Fsp3) is 0.812. The molecule has 1 aliphatic heterocycles. The summed E-state index contributed by atoms with van der Waals surface area (Å²) < 4.78 is 5.74. The summed E-state index contributed by atoms with van der Waals surface area (Å²) in [5.74, 6) is 4.03. The molecule has 1 aromatic heterocycles. The van der Waals surface area contributed by atoms with Gasteiger partial charge in [0.15, 0.2) is 5.82 Å². The minimum absolute atomic E-state index is 0.192. The highest BCUT2D eigenvalue weighted by Crippen LogP contribution is 2.50. The van der Waals surface area contributed by atoms with Crippen LogP contribution in [0.3, 0.4) is 0 Å². The second-order valence-corrected chi connectivity index (χ2v) is 7.02. The Balaban J connectivity index is 1.37. The van der Waals surface area contributed by atoms with Gasteiger partial charge in [0.05, 0.1) is 13.2 Å². The molecule has 2 saturated carbocycles. The largest absolute Gasteiger partial charge is 0.366 e. The number of aromatic nitrogens is 3. The standard InChI is InChI=1S/C16H24N4O2/c1-10-17-16(19-18-10)14-9-20(6-7-22-14)15(21)8-13(11-2-3-11)12-4-5-12/h11-14H,2-9H2,1H3,(H,17,18,19). The van der Waals surface area contributed by atoms with Gasteiger partial charge in [-0.3, -0.25) is 9.89 Å². The number of ether oxygens (including phenoxy) is 1. The van der Waals surface area contributed by atoms with Crippen molar-refractivity contribution >= 4 is 5.91 Å². The van der Waals surface area contributed by atoms with Gasteiger partial charge in [-0.15, -0.1) is 0 Å². The molecule has 1 atom stereocenters. The zero-order chi connectivity index (χ0) is 15.1. The molecule has 6 nitrogen and oxygen atoms in total. The van der Waals surface area contributed by atoms with Gasteiger partial charge in [0, 0.05) is 13.0 Å². The van der Waals surface area contributed by atoms with Crippen molar-refractivity contribution in [2.45, 2.75) is 45.1 Å². The van der Waals surface area contributed by atoms with Gasteiger partial charge < -0.3 is 9.64 Å². The molecule has 0 bridgehead atoms. The first kappa shape index (κ1) is 14.2. The predicted molar refractivity (Wildman–Crippen MR) is 79.9 cm³/mol. The third kappa shape index (κ3) is 3.02. The fourth-order valence-corrected chi connectivity index (χ4v) is 3.63. The van der Waals surface area contributed by atoms with Crippen molar-refractivity contribution < 1.29 is 9.53 Å². The lowest BCUT2D eigenvalue weighted by Gasteiger charge is -2.32. The molecule has 120 valence electrons. The molecule has 0 spiro atoms. The minimum Gasteiger partial charge on any atom is -0.366 e. The maximum atomic E-state index is 12.7. The number of H-pyrrole nitrogens is 1. The first-order valence-electron chi connectivity index (χ1n) is 8.49. The van der Waals surface area contributed by atoms with Gasteiger partial charge in [-0.1, -0.05) is 0 Å². The number of hydrogen-bond donors (Lipinski definition) is 1. The quantitative estimate of drug-likeness (QED) is 0.901. The first-order chi connectivity index (χ1) is 10.7. The zero-order valence-corrected chi connectivity index (χ0v) is 13.1. The number of rotatable bonds is 5. The summed E-state index contributed by atoms with van der Waals surface area (Å²) in [5, 5.41) is 7.02. The van der Waals surface area contributed by atoms with E-state index >= 15 is 0 Å². The Morgan fingerprint density at radius 1 is 1.36 bits per heavy atom. The van der Waals surface area contributed by atoms with Crippen LogP contribution in [-0.4, -0.2) is 45.7 Å². The number of carbonyl (C=O) groups excluding carboxylic acids is 1. The smallest absolute Gasteiger partial charge is 0.223 e. The van der Waals surface area contributed by atoms with Crippen molar-refractivity contribution in [2.75, 3.05) is 19.7 Å². The Morgan fingerprint density at radius 2 is 2.09 bits per heavy atom. The van der Waals surface area contributed by atoms with Gasteiger partial charge in [-0.05, 0) is 50.4 Å². The van der Waals surface area contributed by atoms with E-state index in [2.05, 4.69) is 15.2 Å². The average Bonchev–Trinajstić information content (AvgIpc) is 3.44. The number of nitrogens with zero attached hydrogens (tertiary/aromatic N) is 3. The maximum Gasteiger partial charge on any atom is 0.223 e. The van der Waals surface area contributed by atoms with E-state index in [9.17, 15) is 4.79 Å². The van der Waals surface area contributed by atoms with Crippen molar-refractivity contribution in [3.05, 3.63) is 11.6 Å². The van der Waals surface area contributed by atoms with Crippen molar-refractivity contribution in [1.82, 2.24) is 20.1 Å². The molecule has 4 rings (SSSR count). The summed E-state index contributed by atoms with van der Waals surface area (Å²) in [5.41, 5.74) is 0. The molecule has 1 N–H and O–H groups in total. The topological polar surface area (TPSA) is 71.1 Å². The molecule has 1 unspecified atom stereocenters. The Labute approximate surface area is 130 Å². The van der Waals surface area contributed by atoms with Gasteiger partial charge in [0.2, 0.25) is 5.91 Å². The molecule has 1 saturated heterocycles. The average molecular weight is 304 g/mol. The van der Waals surface area contributed by atoms with Gasteiger partial charge in [0.1, 0.15) is 11.9 Å². The van der Waals surface area contributed by atoms with E-state index in [4.69, 9.17) is 4.74 Å². The van der Waals surface area contributed by atoms with E-state index in [-0.39, 0.29) is 6.10 Å². The molecule has 22 heavy (non-hydrogen) atoms. The molecule has 2 aliphatic carbocycles. The second-order valence-electron chi connectivity index (χ2n) is 7.02. The number of hydrogen-bond acceptors (Lipinski definition) is 4. The Kier molecular flexibility index (Phi) is 3.64. The maximum absolute atomic E-state index is 12.7. The molecule has 1 amide bonds. The van der Waals surface area contributed by atoms with Crippen LogP contribution in [0.25, 0.3) is 0 Å². The van der Waals surface area contributed by atoms with Crippen LogP contribution >= 0.6 is 0 Å². The second kappa shape index (κ2) is 5.65. The van der Waals surface area contributed by atoms with Gasteiger partial charge in [-0.2, -0.15) is 5.10 Å². The predicted octanol–water partition coefficient (Wildman–Crippen LogP) is 1.84. The van der Waals surface area contributed by atoms with Crippen molar-refractivity contribution in [3.63, 3.8) is 0 Å². The number of aromatic amines is 1.